The average Bonchev–Trinajstić information content (AvgIpc) is 3.28. The number of rotatable bonds is 9. The van der Waals surface area contributed by atoms with Crippen LogP contribution < -0.4 is 5.32 Å². The van der Waals surface area contributed by atoms with Crippen molar-refractivity contribution in [2.24, 2.45) is 0 Å². The number of carbonyl (C=O) groups excluding carboxylic acids is 2. The van der Waals surface area contributed by atoms with Gasteiger partial charge >= 0.3 is 6.03 Å². The van der Waals surface area contributed by atoms with E-state index in [9.17, 15) is 9.59 Å². The molecule has 0 atom stereocenters. The lowest BCUT2D eigenvalue weighted by Gasteiger charge is -2.27. The van der Waals surface area contributed by atoms with E-state index in [4.69, 9.17) is 4.42 Å². The molecule has 31 heavy (non-hydrogen) atoms. The second-order valence-electron chi connectivity index (χ2n) is 7.48. The van der Waals surface area contributed by atoms with Crippen LogP contribution in [0.15, 0.2) is 77.4 Å². The second-order valence-corrected chi connectivity index (χ2v) is 7.48. The van der Waals surface area contributed by atoms with Crippen molar-refractivity contribution in [3.05, 3.63) is 89.9 Å². The van der Waals surface area contributed by atoms with Crippen molar-refractivity contribution in [1.29, 1.82) is 0 Å². The normalized spacial score (nSPS) is 10.5. The molecule has 3 aromatic rings. The van der Waals surface area contributed by atoms with Crippen LogP contribution in [0.4, 0.5) is 10.5 Å². The number of furan rings is 1. The fraction of sp³-hybridized carbons (Fsp3) is 0.280. The number of para-hydroxylation sites is 1. The first kappa shape index (κ1) is 22.2. The lowest BCUT2D eigenvalue weighted by atomic mass is 10.2. The Morgan fingerprint density at radius 1 is 0.903 bits per heavy atom. The minimum absolute atomic E-state index is 0.000896. The zero-order valence-corrected chi connectivity index (χ0v) is 18.1. The molecule has 0 aliphatic heterocycles. The number of hydrogen-bond donors (Lipinski definition) is 1. The predicted octanol–water partition coefficient (Wildman–Crippen LogP) is 5.06. The van der Waals surface area contributed by atoms with E-state index in [1.54, 1.807) is 22.1 Å². The smallest absolute Gasteiger partial charge is 0.322 e. The van der Waals surface area contributed by atoms with Crippen molar-refractivity contribution in [2.75, 3.05) is 18.4 Å². The first-order chi connectivity index (χ1) is 15.1. The highest BCUT2D eigenvalue weighted by Gasteiger charge is 2.22. The summed E-state index contributed by atoms with van der Waals surface area (Å²) < 4.78 is 5.46. The Kier molecular flexibility index (Phi) is 7.87. The minimum Gasteiger partial charge on any atom is -0.467 e. The van der Waals surface area contributed by atoms with Crippen LogP contribution in [-0.2, 0) is 17.9 Å². The summed E-state index contributed by atoms with van der Waals surface area (Å²) in [5.74, 6) is 0.573. The Morgan fingerprint density at radius 2 is 1.65 bits per heavy atom. The molecule has 1 N–H and O–H groups in total. The molecule has 0 aliphatic rings. The van der Waals surface area contributed by atoms with E-state index in [-0.39, 0.29) is 18.5 Å². The predicted molar refractivity (Wildman–Crippen MR) is 121 cm³/mol. The number of benzene rings is 2. The van der Waals surface area contributed by atoms with Gasteiger partial charge in [-0.15, -0.1) is 0 Å². The summed E-state index contributed by atoms with van der Waals surface area (Å²) in [6.07, 6.45) is 2.35. The van der Waals surface area contributed by atoms with Crippen LogP contribution in [0.5, 0.6) is 0 Å². The summed E-state index contributed by atoms with van der Waals surface area (Å²) in [5.41, 5.74) is 2.74. The first-order valence-electron chi connectivity index (χ1n) is 10.5. The molecule has 0 saturated carbocycles. The molecule has 0 fully saturated rings. The number of carbonyl (C=O) groups is 2. The highest BCUT2D eigenvalue weighted by molar-refractivity contribution is 5.93. The van der Waals surface area contributed by atoms with E-state index in [1.165, 1.54) is 0 Å². The monoisotopic (exact) mass is 419 g/mol. The van der Waals surface area contributed by atoms with Crippen LogP contribution in [0, 0.1) is 6.92 Å². The molecule has 1 heterocycles. The van der Waals surface area contributed by atoms with Gasteiger partial charge in [0.05, 0.1) is 12.8 Å². The number of aryl methyl sites for hydroxylation is 1. The Bertz CT molecular complexity index is 971. The Labute approximate surface area is 183 Å². The molecule has 0 aliphatic carbocycles. The number of amides is 3. The van der Waals surface area contributed by atoms with E-state index >= 15 is 0 Å². The Morgan fingerprint density at radius 3 is 2.32 bits per heavy atom. The summed E-state index contributed by atoms with van der Waals surface area (Å²) in [4.78, 5) is 29.4. The molecule has 162 valence electrons. The molecule has 3 amide bonds. The molecule has 3 rings (SSSR count). The maximum atomic E-state index is 13.2. The minimum atomic E-state index is -0.276. The van der Waals surface area contributed by atoms with Gasteiger partial charge in [0.1, 0.15) is 12.3 Å². The van der Waals surface area contributed by atoms with E-state index < -0.39 is 0 Å². The lowest BCUT2D eigenvalue weighted by molar-refractivity contribution is -0.133. The standard InChI is InChI=1S/C25H29N3O3/c1-3-15-27(25(30)26-23-14-8-7-10-20(23)2)19-24(29)28(18-22-13-9-16-31-22)17-21-11-5-4-6-12-21/h4-14,16H,3,15,17-19H2,1-2H3,(H,26,30). The average molecular weight is 420 g/mol. The van der Waals surface area contributed by atoms with Crippen molar-refractivity contribution in [2.45, 2.75) is 33.4 Å². The van der Waals surface area contributed by atoms with E-state index in [0.717, 1.165) is 23.2 Å². The van der Waals surface area contributed by atoms with Gasteiger partial charge in [0, 0.05) is 18.8 Å². The zero-order valence-electron chi connectivity index (χ0n) is 18.1. The van der Waals surface area contributed by atoms with Gasteiger partial charge in [-0.1, -0.05) is 55.5 Å². The maximum absolute atomic E-state index is 13.2. The number of hydrogen-bond acceptors (Lipinski definition) is 3. The molecular formula is C25H29N3O3. The quantitative estimate of drug-likeness (QED) is 0.527. The van der Waals surface area contributed by atoms with Gasteiger partial charge in [-0.25, -0.2) is 4.79 Å². The zero-order chi connectivity index (χ0) is 22.1. The topological polar surface area (TPSA) is 65.8 Å². The van der Waals surface area contributed by atoms with Gasteiger partial charge in [-0.05, 0) is 42.7 Å². The van der Waals surface area contributed by atoms with Gasteiger partial charge < -0.3 is 19.5 Å². The van der Waals surface area contributed by atoms with E-state index in [1.807, 2.05) is 74.5 Å². The largest absolute Gasteiger partial charge is 0.467 e. The lowest BCUT2D eigenvalue weighted by Crippen LogP contribution is -2.44. The van der Waals surface area contributed by atoms with Gasteiger partial charge in [0.15, 0.2) is 0 Å². The fourth-order valence-electron chi connectivity index (χ4n) is 3.32. The molecule has 1 aromatic heterocycles. The second kappa shape index (κ2) is 11.0. The summed E-state index contributed by atoms with van der Waals surface area (Å²) in [6, 6.07) is 20.8. The molecule has 0 radical (unpaired) electrons. The number of nitrogens with one attached hydrogen (secondary N) is 1. The van der Waals surface area contributed by atoms with Crippen LogP contribution in [0.2, 0.25) is 0 Å². The van der Waals surface area contributed by atoms with Crippen molar-refractivity contribution in [1.82, 2.24) is 9.80 Å². The summed E-state index contributed by atoms with van der Waals surface area (Å²) >= 11 is 0. The fourth-order valence-corrected chi connectivity index (χ4v) is 3.32. The number of nitrogens with zero attached hydrogens (tertiary/aromatic N) is 2. The van der Waals surface area contributed by atoms with Crippen LogP contribution >= 0.6 is 0 Å². The summed E-state index contributed by atoms with van der Waals surface area (Å²) in [5, 5.41) is 2.93. The first-order valence-corrected chi connectivity index (χ1v) is 10.5. The van der Waals surface area contributed by atoms with Crippen LogP contribution in [-0.4, -0.2) is 34.8 Å². The highest BCUT2D eigenvalue weighted by Crippen LogP contribution is 2.15. The van der Waals surface area contributed by atoms with E-state index in [2.05, 4.69) is 5.32 Å². The van der Waals surface area contributed by atoms with Crippen molar-refractivity contribution < 1.29 is 14.0 Å². The molecule has 6 heteroatoms. The highest BCUT2D eigenvalue weighted by atomic mass is 16.3. The third-order valence-corrected chi connectivity index (χ3v) is 4.99. The number of anilines is 1. The maximum Gasteiger partial charge on any atom is 0.322 e. The van der Waals surface area contributed by atoms with Crippen molar-refractivity contribution in [3.8, 4) is 0 Å². The van der Waals surface area contributed by atoms with Crippen molar-refractivity contribution in [3.63, 3.8) is 0 Å². The van der Waals surface area contributed by atoms with Gasteiger partial charge in [-0.3, -0.25) is 4.79 Å². The van der Waals surface area contributed by atoms with Gasteiger partial charge in [-0.2, -0.15) is 0 Å². The molecule has 0 unspecified atom stereocenters. The van der Waals surface area contributed by atoms with E-state index in [0.29, 0.717) is 25.4 Å². The Hall–Kier alpha value is -3.54. The van der Waals surface area contributed by atoms with Crippen molar-refractivity contribution >= 4 is 17.6 Å². The molecule has 6 nitrogen and oxygen atoms in total. The van der Waals surface area contributed by atoms with Gasteiger partial charge in [0.25, 0.3) is 0 Å². The van der Waals surface area contributed by atoms with Gasteiger partial charge in [0.2, 0.25) is 5.91 Å². The number of urea groups is 1. The molecule has 0 spiro atoms. The molecule has 0 saturated heterocycles. The van der Waals surface area contributed by atoms with Crippen LogP contribution in [0.1, 0.15) is 30.2 Å². The molecule has 2 aromatic carbocycles. The Balaban J connectivity index is 1.73. The van der Waals surface area contributed by atoms with Crippen LogP contribution in [0.3, 0.4) is 0 Å². The third kappa shape index (κ3) is 6.47. The molecule has 0 bridgehead atoms. The summed E-state index contributed by atoms with van der Waals surface area (Å²) in [7, 11) is 0. The summed E-state index contributed by atoms with van der Waals surface area (Å²) in [6.45, 7) is 5.21. The van der Waals surface area contributed by atoms with Crippen LogP contribution in [0.25, 0.3) is 0 Å². The molecular weight excluding hydrogens is 390 g/mol. The third-order valence-electron chi connectivity index (χ3n) is 4.99. The SMILES string of the molecule is CCCN(CC(=O)N(Cc1ccccc1)Cc1ccco1)C(=O)Nc1ccccc1C.